The van der Waals surface area contributed by atoms with Gasteiger partial charge >= 0.3 is 0 Å². The van der Waals surface area contributed by atoms with Gasteiger partial charge in [0, 0.05) is 11.4 Å². The molecule has 16 heavy (non-hydrogen) atoms. The van der Waals surface area contributed by atoms with Gasteiger partial charge in [0.2, 0.25) is 0 Å². The van der Waals surface area contributed by atoms with Crippen molar-refractivity contribution in [1.29, 1.82) is 0 Å². The first-order valence-corrected chi connectivity index (χ1v) is 7.71. The molecule has 1 N–H and O–H groups in total. The molecule has 1 aromatic rings. The van der Waals surface area contributed by atoms with E-state index in [2.05, 4.69) is 10.3 Å². The maximum atomic E-state index is 11.7. The van der Waals surface area contributed by atoms with Crippen LogP contribution in [0.3, 0.4) is 0 Å². The van der Waals surface area contributed by atoms with Gasteiger partial charge in [-0.2, -0.15) is 0 Å². The monoisotopic (exact) mass is 262 g/mol. The summed E-state index contributed by atoms with van der Waals surface area (Å²) in [5, 5.41) is 3.39. The molecule has 6 heteroatoms. The van der Waals surface area contributed by atoms with Crippen molar-refractivity contribution in [3.05, 3.63) is 15.6 Å². The maximum absolute atomic E-state index is 11.7. The second kappa shape index (κ2) is 5.25. The molecule has 0 radical (unpaired) electrons. The number of rotatable bonds is 5. The smallest absolute Gasteiger partial charge is 0.159 e. The predicted octanol–water partition coefficient (Wildman–Crippen LogP) is 1.49. The lowest BCUT2D eigenvalue weighted by Gasteiger charge is -2.04. The van der Waals surface area contributed by atoms with Crippen molar-refractivity contribution in [2.24, 2.45) is 0 Å². The molecule has 1 aromatic heterocycles. The normalized spacial score (nSPS) is 12.3. The first-order chi connectivity index (χ1) is 7.36. The van der Waals surface area contributed by atoms with E-state index in [1.54, 1.807) is 13.8 Å². The molecule has 1 rings (SSSR count). The largest absolute Gasteiger partial charge is 0.315 e. The second-order valence-electron chi connectivity index (χ2n) is 4.00. The summed E-state index contributed by atoms with van der Waals surface area (Å²) in [6.45, 7) is 6.05. The average Bonchev–Trinajstić information content (AvgIpc) is 2.46. The van der Waals surface area contributed by atoms with Crippen molar-refractivity contribution in [3.63, 3.8) is 0 Å². The molecule has 0 unspecified atom stereocenters. The molecular formula is C10H18N2O2S2. The third-order valence-corrected chi connectivity index (χ3v) is 5.77. The zero-order valence-corrected chi connectivity index (χ0v) is 11.7. The van der Waals surface area contributed by atoms with Crippen LogP contribution < -0.4 is 5.32 Å². The average molecular weight is 262 g/mol. The Bertz CT molecular complexity index is 449. The van der Waals surface area contributed by atoms with Crippen molar-refractivity contribution in [3.8, 4) is 0 Å². The Morgan fingerprint density at radius 3 is 2.56 bits per heavy atom. The molecule has 1 heterocycles. The highest BCUT2D eigenvalue weighted by atomic mass is 32.2. The molecule has 0 atom stereocenters. The second-order valence-corrected chi connectivity index (χ2v) is 7.73. The van der Waals surface area contributed by atoms with E-state index in [-0.39, 0.29) is 11.0 Å². The van der Waals surface area contributed by atoms with E-state index >= 15 is 0 Å². The third-order valence-electron chi connectivity index (χ3n) is 2.32. The van der Waals surface area contributed by atoms with E-state index < -0.39 is 9.84 Å². The van der Waals surface area contributed by atoms with Crippen LogP contribution in [-0.2, 0) is 22.1 Å². The number of hydrogen-bond donors (Lipinski definition) is 1. The summed E-state index contributed by atoms with van der Waals surface area (Å²) in [6, 6.07) is 0. The fourth-order valence-corrected chi connectivity index (χ4v) is 3.56. The highest BCUT2D eigenvalue weighted by Gasteiger charge is 2.19. The highest BCUT2D eigenvalue weighted by Crippen LogP contribution is 2.21. The zero-order valence-electron chi connectivity index (χ0n) is 10.1. The molecule has 4 nitrogen and oxygen atoms in total. The van der Waals surface area contributed by atoms with E-state index in [0.717, 1.165) is 17.1 Å². The summed E-state index contributed by atoms with van der Waals surface area (Å²) in [5.74, 6) is 0.0554. The van der Waals surface area contributed by atoms with Crippen LogP contribution >= 0.6 is 11.3 Å². The van der Waals surface area contributed by atoms with Gasteiger partial charge < -0.3 is 5.32 Å². The lowest BCUT2D eigenvalue weighted by atomic mass is 10.4. The van der Waals surface area contributed by atoms with Crippen molar-refractivity contribution in [1.82, 2.24) is 10.3 Å². The summed E-state index contributed by atoms with van der Waals surface area (Å²) in [7, 11) is -1.18. The van der Waals surface area contributed by atoms with Gasteiger partial charge in [0.25, 0.3) is 0 Å². The zero-order chi connectivity index (χ0) is 12.3. The Morgan fingerprint density at radius 1 is 1.44 bits per heavy atom. The molecule has 92 valence electrons. The molecule has 0 saturated heterocycles. The number of aryl methyl sites for hydroxylation is 1. The quantitative estimate of drug-likeness (QED) is 0.873. The van der Waals surface area contributed by atoms with Crippen molar-refractivity contribution >= 4 is 21.2 Å². The van der Waals surface area contributed by atoms with Crippen molar-refractivity contribution in [2.45, 2.75) is 38.3 Å². The fourth-order valence-electron chi connectivity index (χ4n) is 1.21. The Hall–Kier alpha value is -0.460. The van der Waals surface area contributed by atoms with E-state index in [9.17, 15) is 8.42 Å². The molecule has 0 spiro atoms. The van der Waals surface area contributed by atoms with Crippen molar-refractivity contribution in [2.75, 3.05) is 7.05 Å². The standard InChI is InChI=1S/C10H18N2O2S2/c1-7(2)16(13,14)6-10-12-8(3)9(15-10)5-11-4/h7,11H,5-6H2,1-4H3. The van der Waals surface area contributed by atoms with Gasteiger partial charge in [-0.1, -0.05) is 0 Å². The molecule has 0 aliphatic carbocycles. The van der Waals surface area contributed by atoms with E-state index in [1.807, 2.05) is 14.0 Å². The number of hydrogen-bond acceptors (Lipinski definition) is 5. The SMILES string of the molecule is CNCc1sc(CS(=O)(=O)C(C)C)nc1C. The summed E-state index contributed by atoms with van der Waals surface area (Å²) in [6.07, 6.45) is 0. The lowest BCUT2D eigenvalue weighted by Crippen LogP contribution is -2.15. The Kier molecular flexibility index (Phi) is 4.46. The van der Waals surface area contributed by atoms with Crippen LogP contribution in [0.5, 0.6) is 0 Å². The van der Waals surface area contributed by atoms with Crippen LogP contribution in [0.1, 0.15) is 29.4 Å². The summed E-state index contributed by atoms with van der Waals surface area (Å²) in [5.41, 5.74) is 0.924. The first-order valence-electron chi connectivity index (χ1n) is 5.18. The van der Waals surface area contributed by atoms with Crippen LogP contribution in [0.15, 0.2) is 0 Å². The van der Waals surface area contributed by atoms with Crippen molar-refractivity contribution < 1.29 is 8.42 Å². The lowest BCUT2D eigenvalue weighted by molar-refractivity contribution is 0.586. The van der Waals surface area contributed by atoms with Gasteiger partial charge in [0.15, 0.2) is 9.84 Å². The number of nitrogens with one attached hydrogen (secondary N) is 1. The predicted molar refractivity (Wildman–Crippen MR) is 67.4 cm³/mol. The van der Waals surface area contributed by atoms with Crippen LogP contribution in [0.25, 0.3) is 0 Å². The number of nitrogens with zero attached hydrogens (tertiary/aromatic N) is 1. The van der Waals surface area contributed by atoms with Gasteiger partial charge in [-0.15, -0.1) is 11.3 Å². The van der Waals surface area contributed by atoms with Gasteiger partial charge in [-0.25, -0.2) is 13.4 Å². The van der Waals surface area contributed by atoms with Crippen LogP contribution in [0.4, 0.5) is 0 Å². The fraction of sp³-hybridized carbons (Fsp3) is 0.700. The third kappa shape index (κ3) is 3.26. The summed E-state index contributed by atoms with van der Waals surface area (Å²) < 4.78 is 23.5. The van der Waals surface area contributed by atoms with Gasteiger partial charge in [-0.05, 0) is 27.8 Å². The molecule has 0 aliphatic rings. The van der Waals surface area contributed by atoms with Gasteiger partial charge in [-0.3, -0.25) is 0 Å². The minimum Gasteiger partial charge on any atom is -0.315 e. The summed E-state index contributed by atoms with van der Waals surface area (Å²) >= 11 is 1.48. The number of aromatic nitrogens is 1. The van der Waals surface area contributed by atoms with Gasteiger partial charge in [0.05, 0.1) is 10.9 Å². The number of thiazole rings is 1. The maximum Gasteiger partial charge on any atom is 0.159 e. The molecular weight excluding hydrogens is 244 g/mol. The Balaban J connectivity index is 2.87. The van der Waals surface area contributed by atoms with E-state index in [1.165, 1.54) is 11.3 Å². The molecule has 0 aliphatic heterocycles. The minimum atomic E-state index is -3.04. The van der Waals surface area contributed by atoms with Crippen LogP contribution in [0, 0.1) is 6.92 Å². The Morgan fingerprint density at radius 2 is 2.06 bits per heavy atom. The Labute approximate surface area is 101 Å². The first kappa shape index (κ1) is 13.6. The molecule has 0 aromatic carbocycles. The van der Waals surface area contributed by atoms with Gasteiger partial charge in [0.1, 0.15) is 10.8 Å². The molecule has 0 saturated carbocycles. The number of sulfone groups is 1. The minimum absolute atomic E-state index is 0.0554. The molecule has 0 fully saturated rings. The van der Waals surface area contributed by atoms with Crippen LogP contribution in [0.2, 0.25) is 0 Å². The molecule has 0 amide bonds. The van der Waals surface area contributed by atoms with E-state index in [0.29, 0.717) is 5.01 Å². The summed E-state index contributed by atoms with van der Waals surface area (Å²) in [4.78, 5) is 5.40. The molecule has 0 bridgehead atoms. The topological polar surface area (TPSA) is 59.1 Å². The van der Waals surface area contributed by atoms with Crippen LogP contribution in [-0.4, -0.2) is 25.7 Å². The van der Waals surface area contributed by atoms with E-state index in [4.69, 9.17) is 0 Å². The highest BCUT2D eigenvalue weighted by molar-refractivity contribution is 7.91.